The van der Waals surface area contributed by atoms with Crippen LogP contribution in [0.1, 0.15) is 17.2 Å². The molecule has 0 radical (unpaired) electrons. The van der Waals surface area contributed by atoms with E-state index in [-0.39, 0.29) is 18.7 Å². The van der Waals surface area contributed by atoms with Crippen molar-refractivity contribution in [1.29, 1.82) is 0 Å². The molecule has 0 saturated carbocycles. The van der Waals surface area contributed by atoms with Crippen molar-refractivity contribution in [3.63, 3.8) is 0 Å². The van der Waals surface area contributed by atoms with Crippen LogP contribution < -0.4 is 5.32 Å². The Morgan fingerprint density at radius 2 is 1.87 bits per heavy atom. The fourth-order valence-electron chi connectivity index (χ4n) is 2.14. The second-order valence-corrected chi connectivity index (χ2v) is 5.31. The highest BCUT2D eigenvalue weighted by Gasteiger charge is 2.17. The maximum atomic E-state index is 11.9. The first kappa shape index (κ1) is 16.9. The lowest BCUT2D eigenvalue weighted by molar-refractivity contribution is -0.385. The molecule has 23 heavy (non-hydrogen) atoms. The number of aliphatic hydroxyl groups is 1. The average molecular weight is 335 g/mol. The van der Waals surface area contributed by atoms with E-state index in [0.717, 1.165) is 0 Å². The predicted molar refractivity (Wildman–Crippen MR) is 86.2 cm³/mol. The lowest BCUT2D eigenvalue weighted by Crippen LogP contribution is -2.29. The molecule has 2 aromatic carbocycles. The third-order valence-corrected chi connectivity index (χ3v) is 3.64. The number of benzene rings is 2. The molecule has 1 amide bonds. The maximum absolute atomic E-state index is 11.9. The number of hydrogen-bond donors (Lipinski definition) is 2. The molecule has 0 aliphatic heterocycles. The standard InChI is InChI=1S/C16H15ClN2O4/c17-13-7-3-2-6-12(13)15(20)10-18-16(21)9-11-5-1-4-8-14(11)19(22)23/h1-8,15,20H,9-10H2,(H,18,21). The second kappa shape index (κ2) is 7.71. The van der Waals surface area contributed by atoms with Crippen molar-refractivity contribution < 1.29 is 14.8 Å². The number of para-hydroxylation sites is 1. The fraction of sp³-hybridized carbons (Fsp3) is 0.188. The Kier molecular flexibility index (Phi) is 5.67. The van der Waals surface area contributed by atoms with Crippen LogP contribution in [0.15, 0.2) is 48.5 Å². The van der Waals surface area contributed by atoms with Gasteiger partial charge in [0.05, 0.1) is 17.4 Å². The van der Waals surface area contributed by atoms with Gasteiger partial charge in [0, 0.05) is 28.8 Å². The van der Waals surface area contributed by atoms with Crippen LogP contribution in [-0.2, 0) is 11.2 Å². The van der Waals surface area contributed by atoms with Crippen LogP contribution in [-0.4, -0.2) is 22.5 Å². The van der Waals surface area contributed by atoms with Crippen molar-refractivity contribution in [2.45, 2.75) is 12.5 Å². The van der Waals surface area contributed by atoms with Gasteiger partial charge in [-0.1, -0.05) is 48.0 Å². The van der Waals surface area contributed by atoms with Crippen LogP contribution in [0.25, 0.3) is 0 Å². The molecule has 0 bridgehead atoms. The van der Waals surface area contributed by atoms with Crippen LogP contribution in [0.5, 0.6) is 0 Å². The van der Waals surface area contributed by atoms with Gasteiger partial charge in [-0.3, -0.25) is 14.9 Å². The first-order chi connectivity index (χ1) is 11.0. The Morgan fingerprint density at radius 1 is 1.22 bits per heavy atom. The van der Waals surface area contributed by atoms with Crippen molar-refractivity contribution in [1.82, 2.24) is 5.32 Å². The van der Waals surface area contributed by atoms with Gasteiger partial charge in [0.25, 0.3) is 5.69 Å². The van der Waals surface area contributed by atoms with Gasteiger partial charge in [0.1, 0.15) is 0 Å². The lowest BCUT2D eigenvalue weighted by atomic mass is 10.1. The van der Waals surface area contributed by atoms with Crippen molar-refractivity contribution in [2.24, 2.45) is 0 Å². The van der Waals surface area contributed by atoms with E-state index in [4.69, 9.17) is 11.6 Å². The maximum Gasteiger partial charge on any atom is 0.273 e. The molecule has 2 aromatic rings. The number of rotatable bonds is 6. The molecule has 0 saturated heterocycles. The summed E-state index contributed by atoms with van der Waals surface area (Å²) in [6, 6.07) is 12.8. The smallest absolute Gasteiger partial charge is 0.273 e. The Hall–Kier alpha value is -2.44. The monoisotopic (exact) mass is 334 g/mol. The third kappa shape index (κ3) is 4.51. The van der Waals surface area contributed by atoms with E-state index in [0.29, 0.717) is 16.1 Å². The molecular weight excluding hydrogens is 320 g/mol. The summed E-state index contributed by atoms with van der Waals surface area (Å²) in [6.45, 7) is -0.0246. The molecule has 0 aromatic heterocycles. The summed E-state index contributed by atoms with van der Waals surface area (Å²) < 4.78 is 0. The zero-order chi connectivity index (χ0) is 16.8. The van der Waals surface area contributed by atoms with Gasteiger partial charge in [-0.15, -0.1) is 0 Å². The normalized spacial score (nSPS) is 11.7. The van der Waals surface area contributed by atoms with E-state index in [1.165, 1.54) is 12.1 Å². The minimum atomic E-state index is -0.946. The largest absolute Gasteiger partial charge is 0.387 e. The summed E-state index contributed by atoms with van der Waals surface area (Å²) in [5.41, 5.74) is 0.733. The minimum Gasteiger partial charge on any atom is -0.387 e. The zero-order valence-electron chi connectivity index (χ0n) is 12.1. The van der Waals surface area contributed by atoms with Gasteiger partial charge in [-0.05, 0) is 6.07 Å². The van der Waals surface area contributed by atoms with E-state index in [1.807, 2.05) is 0 Å². The van der Waals surface area contributed by atoms with E-state index in [1.54, 1.807) is 36.4 Å². The molecule has 0 aliphatic rings. The van der Waals surface area contributed by atoms with E-state index >= 15 is 0 Å². The fourth-order valence-corrected chi connectivity index (χ4v) is 2.40. The van der Waals surface area contributed by atoms with Gasteiger partial charge in [-0.25, -0.2) is 0 Å². The van der Waals surface area contributed by atoms with Crippen molar-refractivity contribution in [3.8, 4) is 0 Å². The first-order valence-corrected chi connectivity index (χ1v) is 7.28. The number of halogens is 1. The number of amides is 1. The number of nitro groups is 1. The number of nitrogens with zero attached hydrogens (tertiary/aromatic N) is 1. The van der Waals surface area contributed by atoms with Crippen LogP contribution in [0.2, 0.25) is 5.02 Å². The summed E-state index contributed by atoms with van der Waals surface area (Å²) in [7, 11) is 0. The highest BCUT2D eigenvalue weighted by atomic mass is 35.5. The Bertz CT molecular complexity index is 721. The van der Waals surface area contributed by atoms with Crippen LogP contribution in [0, 0.1) is 10.1 Å². The Morgan fingerprint density at radius 3 is 2.57 bits per heavy atom. The second-order valence-electron chi connectivity index (χ2n) is 4.90. The molecule has 0 spiro atoms. The molecule has 0 aliphatic carbocycles. The number of nitrogens with one attached hydrogen (secondary N) is 1. The van der Waals surface area contributed by atoms with E-state index in [9.17, 15) is 20.0 Å². The number of nitro benzene ring substituents is 1. The number of carbonyl (C=O) groups excluding carboxylic acids is 1. The van der Waals surface area contributed by atoms with Crippen molar-refractivity contribution >= 4 is 23.2 Å². The number of hydrogen-bond acceptors (Lipinski definition) is 4. The quantitative estimate of drug-likeness (QED) is 0.627. The minimum absolute atomic E-state index is 0.0246. The molecule has 1 atom stereocenters. The number of carbonyl (C=O) groups is 1. The number of aliphatic hydroxyl groups excluding tert-OH is 1. The Labute approximate surface area is 137 Å². The molecule has 0 fully saturated rings. The van der Waals surface area contributed by atoms with Crippen LogP contribution in [0.4, 0.5) is 5.69 Å². The zero-order valence-corrected chi connectivity index (χ0v) is 12.9. The lowest BCUT2D eigenvalue weighted by Gasteiger charge is -2.13. The average Bonchev–Trinajstić information content (AvgIpc) is 2.53. The van der Waals surface area contributed by atoms with Gasteiger partial charge in [-0.2, -0.15) is 0 Å². The highest BCUT2D eigenvalue weighted by molar-refractivity contribution is 6.31. The highest BCUT2D eigenvalue weighted by Crippen LogP contribution is 2.22. The SMILES string of the molecule is O=C(Cc1ccccc1[N+](=O)[O-])NCC(O)c1ccccc1Cl. The van der Waals surface area contributed by atoms with Gasteiger partial charge < -0.3 is 10.4 Å². The van der Waals surface area contributed by atoms with Gasteiger partial charge >= 0.3 is 0 Å². The summed E-state index contributed by atoms with van der Waals surface area (Å²) in [6.07, 6.45) is -1.08. The molecule has 0 heterocycles. The third-order valence-electron chi connectivity index (χ3n) is 3.30. The van der Waals surface area contributed by atoms with Crippen molar-refractivity contribution in [2.75, 3.05) is 6.54 Å². The molecule has 7 heteroatoms. The molecule has 2 rings (SSSR count). The molecular formula is C16H15ClN2O4. The summed E-state index contributed by atoms with van der Waals surface area (Å²) in [5.74, 6) is -0.412. The van der Waals surface area contributed by atoms with E-state index < -0.39 is 16.9 Å². The van der Waals surface area contributed by atoms with Gasteiger partial charge in [0.15, 0.2) is 0 Å². The predicted octanol–water partition coefficient (Wildman–Crippen LogP) is 2.64. The molecule has 2 N–H and O–H groups in total. The molecule has 120 valence electrons. The molecule has 1 unspecified atom stereocenters. The van der Waals surface area contributed by atoms with Gasteiger partial charge in [0.2, 0.25) is 5.91 Å². The first-order valence-electron chi connectivity index (χ1n) is 6.90. The molecule has 6 nitrogen and oxygen atoms in total. The van der Waals surface area contributed by atoms with Crippen molar-refractivity contribution in [3.05, 3.63) is 74.8 Å². The van der Waals surface area contributed by atoms with Crippen LogP contribution >= 0.6 is 11.6 Å². The summed E-state index contributed by atoms with van der Waals surface area (Å²) in [5, 5.41) is 23.9. The Balaban J connectivity index is 1.96. The summed E-state index contributed by atoms with van der Waals surface area (Å²) >= 11 is 5.97. The van der Waals surface area contributed by atoms with E-state index in [2.05, 4.69) is 5.32 Å². The topological polar surface area (TPSA) is 92.5 Å². The summed E-state index contributed by atoms with van der Waals surface area (Å²) in [4.78, 5) is 22.3. The van der Waals surface area contributed by atoms with Crippen LogP contribution in [0.3, 0.4) is 0 Å².